The molecule has 0 bridgehead atoms. The van der Waals surface area contributed by atoms with Crippen molar-refractivity contribution in [3.63, 3.8) is 0 Å². The second-order valence-corrected chi connectivity index (χ2v) is 11.8. The van der Waals surface area contributed by atoms with E-state index in [9.17, 15) is 9.59 Å². The summed E-state index contributed by atoms with van der Waals surface area (Å²) in [5, 5.41) is 0.576. The number of imide groups is 1. The van der Waals surface area contributed by atoms with E-state index >= 15 is 0 Å². The molecule has 1 spiro atoms. The number of carbonyl (C=O) groups is 2. The van der Waals surface area contributed by atoms with Crippen molar-refractivity contribution in [2.45, 2.75) is 44.7 Å². The van der Waals surface area contributed by atoms with Gasteiger partial charge in [-0.15, -0.1) is 0 Å². The number of halogens is 2. The molecule has 0 aromatic heterocycles. The van der Waals surface area contributed by atoms with Gasteiger partial charge in [0.15, 0.2) is 0 Å². The minimum Gasteiger partial charge on any atom is -0.372 e. The largest absolute Gasteiger partial charge is 0.372 e. The Labute approximate surface area is 246 Å². The molecule has 6 nitrogen and oxygen atoms in total. The molecule has 8 heteroatoms. The van der Waals surface area contributed by atoms with Crippen molar-refractivity contribution < 1.29 is 9.59 Å². The fraction of sp³-hybridized carbons (Fsp3) is 0.375. The van der Waals surface area contributed by atoms with Gasteiger partial charge >= 0.3 is 6.03 Å². The van der Waals surface area contributed by atoms with Crippen LogP contribution in [0.5, 0.6) is 0 Å². The number of likely N-dealkylation sites (tertiary alicyclic amines) is 1. The van der Waals surface area contributed by atoms with Crippen LogP contribution in [0.4, 0.5) is 16.2 Å². The Morgan fingerprint density at radius 2 is 1.43 bits per heavy atom. The van der Waals surface area contributed by atoms with E-state index in [0.717, 1.165) is 43.9 Å². The fourth-order valence-electron chi connectivity index (χ4n) is 6.54. The average molecular weight is 578 g/mol. The fourth-order valence-corrected chi connectivity index (χ4v) is 7.19. The van der Waals surface area contributed by atoms with E-state index in [0.29, 0.717) is 19.4 Å². The first-order valence-corrected chi connectivity index (χ1v) is 14.9. The van der Waals surface area contributed by atoms with E-state index in [2.05, 4.69) is 34.1 Å². The highest BCUT2D eigenvalue weighted by atomic mass is 35.5. The first kappa shape index (κ1) is 27.1. The Kier molecular flexibility index (Phi) is 7.51. The van der Waals surface area contributed by atoms with Gasteiger partial charge in [0.2, 0.25) is 0 Å². The van der Waals surface area contributed by atoms with Gasteiger partial charge in [0.1, 0.15) is 5.54 Å². The number of piperidine rings is 1. The molecule has 0 saturated carbocycles. The van der Waals surface area contributed by atoms with Crippen molar-refractivity contribution in [3.05, 3.63) is 82.3 Å². The molecule has 40 heavy (non-hydrogen) atoms. The van der Waals surface area contributed by atoms with Crippen LogP contribution in [0.15, 0.2) is 66.7 Å². The molecule has 0 radical (unpaired) electrons. The van der Waals surface area contributed by atoms with Gasteiger partial charge in [0.05, 0.1) is 15.7 Å². The Bertz CT molecular complexity index is 1380. The van der Waals surface area contributed by atoms with Crippen LogP contribution < -0.4 is 9.80 Å². The maximum atomic E-state index is 14.1. The van der Waals surface area contributed by atoms with Gasteiger partial charge in [-0.25, -0.2) is 9.69 Å². The number of rotatable bonds is 6. The summed E-state index contributed by atoms with van der Waals surface area (Å²) in [6, 6.07) is 21.8. The molecule has 3 fully saturated rings. The van der Waals surface area contributed by atoms with E-state index in [1.807, 2.05) is 37.3 Å². The topological polar surface area (TPSA) is 47.1 Å². The van der Waals surface area contributed by atoms with E-state index < -0.39 is 5.54 Å². The van der Waals surface area contributed by atoms with Crippen LogP contribution in [0.2, 0.25) is 10.0 Å². The third-order valence-corrected chi connectivity index (χ3v) is 9.28. The monoisotopic (exact) mass is 576 g/mol. The Balaban J connectivity index is 1.19. The summed E-state index contributed by atoms with van der Waals surface area (Å²) in [4.78, 5) is 35.5. The third kappa shape index (κ3) is 4.76. The van der Waals surface area contributed by atoms with Gasteiger partial charge in [-0.2, -0.15) is 0 Å². The molecule has 0 unspecified atom stereocenters. The lowest BCUT2D eigenvalue weighted by Crippen LogP contribution is -2.56. The molecule has 0 atom stereocenters. The lowest BCUT2D eigenvalue weighted by atomic mass is 9.85. The summed E-state index contributed by atoms with van der Waals surface area (Å²) >= 11 is 13.4. The molecule has 3 aliphatic rings. The minimum absolute atomic E-state index is 0.231. The number of urea groups is 1. The van der Waals surface area contributed by atoms with Crippen molar-refractivity contribution in [2.75, 3.05) is 42.5 Å². The van der Waals surface area contributed by atoms with E-state index in [1.54, 1.807) is 17.0 Å². The molecular formula is C32H34Cl2N4O2. The molecule has 3 saturated heterocycles. The number of hydrogen-bond acceptors (Lipinski definition) is 4. The van der Waals surface area contributed by atoms with Crippen LogP contribution in [-0.2, 0) is 11.3 Å². The zero-order valence-corrected chi connectivity index (χ0v) is 24.3. The summed E-state index contributed by atoms with van der Waals surface area (Å²) in [5.74, 6) is -0.231. The highest BCUT2D eigenvalue weighted by Gasteiger charge is 2.58. The zero-order chi connectivity index (χ0) is 27.9. The predicted molar refractivity (Wildman–Crippen MR) is 162 cm³/mol. The smallest absolute Gasteiger partial charge is 0.332 e. The Morgan fingerprint density at radius 3 is 2.02 bits per heavy atom. The molecule has 3 aliphatic heterocycles. The molecule has 3 amide bonds. The summed E-state index contributed by atoms with van der Waals surface area (Å²) < 4.78 is 0. The lowest BCUT2D eigenvalue weighted by molar-refractivity contribution is -0.127. The van der Waals surface area contributed by atoms with Crippen LogP contribution >= 0.6 is 23.2 Å². The number of carbonyl (C=O) groups excluding carboxylic acids is 2. The van der Waals surface area contributed by atoms with Crippen molar-refractivity contribution in [2.24, 2.45) is 0 Å². The predicted octanol–water partition coefficient (Wildman–Crippen LogP) is 7.08. The molecule has 3 aromatic carbocycles. The first-order valence-electron chi connectivity index (χ1n) is 14.2. The van der Waals surface area contributed by atoms with Gasteiger partial charge in [0, 0.05) is 45.0 Å². The molecule has 6 rings (SSSR count). The van der Waals surface area contributed by atoms with Crippen LogP contribution in [0.25, 0.3) is 11.1 Å². The third-order valence-electron chi connectivity index (χ3n) is 8.70. The number of anilines is 2. The Hall–Kier alpha value is -3.06. The van der Waals surface area contributed by atoms with Crippen molar-refractivity contribution in [1.29, 1.82) is 0 Å². The maximum Gasteiger partial charge on any atom is 0.332 e. The first-order chi connectivity index (χ1) is 19.4. The molecule has 0 N–H and O–H groups in total. The van der Waals surface area contributed by atoms with Gasteiger partial charge in [0.25, 0.3) is 5.91 Å². The minimum atomic E-state index is -0.882. The van der Waals surface area contributed by atoms with Crippen molar-refractivity contribution in [3.8, 4) is 11.1 Å². The normalized spacial score (nSPS) is 19.3. The molecular weight excluding hydrogens is 543 g/mol. The van der Waals surface area contributed by atoms with Gasteiger partial charge in [-0.05, 0) is 73.6 Å². The summed E-state index contributed by atoms with van der Waals surface area (Å²) in [6.45, 7) is 6.92. The van der Waals surface area contributed by atoms with Crippen molar-refractivity contribution in [1.82, 2.24) is 9.80 Å². The standard InChI is InChI=1S/C32H34Cl2N4O2/c1-2-37-31(40)38(29-27(33)20-25(21-28(29)34)24-8-4-3-5-9-24)30(39)32(37)14-18-35(19-15-32)22-23-10-12-26(13-11-23)36-16-6-7-17-36/h3-5,8-13,20-21H,2,6-7,14-19,22H2,1H3. The van der Waals surface area contributed by atoms with E-state index in [-0.39, 0.29) is 27.7 Å². The number of nitrogens with zero attached hydrogens (tertiary/aromatic N) is 4. The van der Waals surface area contributed by atoms with Gasteiger partial charge < -0.3 is 9.80 Å². The molecule has 3 heterocycles. The number of benzene rings is 3. The zero-order valence-electron chi connectivity index (χ0n) is 22.8. The van der Waals surface area contributed by atoms with E-state index in [1.165, 1.54) is 29.0 Å². The molecule has 208 valence electrons. The average Bonchev–Trinajstić information content (AvgIpc) is 3.57. The van der Waals surface area contributed by atoms with Crippen LogP contribution in [-0.4, -0.2) is 60.0 Å². The Morgan fingerprint density at radius 1 is 0.800 bits per heavy atom. The summed E-state index contributed by atoms with van der Waals surface area (Å²) in [5.41, 5.74) is 3.74. The molecule has 3 aromatic rings. The van der Waals surface area contributed by atoms with E-state index in [4.69, 9.17) is 23.2 Å². The SMILES string of the molecule is CCN1C(=O)N(c2c(Cl)cc(-c3ccccc3)cc2Cl)C(=O)C12CCN(Cc1ccc(N3CCCC3)cc1)CC2. The second-order valence-electron chi connectivity index (χ2n) is 11.0. The van der Waals surface area contributed by atoms with Crippen LogP contribution in [0, 0.1) is 0 Å². The number of hydrogen-bond donors (Lipinski definition) is 0. The van der Waals surface area contributed by atoms with Gasteiger partial charge in [-0.1, -0.05) is 65.7 Å². The second kappa shape index (κ2) is 11.1. The van der Waals surface area contributed by atoms with Crippen molar-refractivity contribution >= 4 is 46.5 Å². The van der Waals surface area contributed by atoms with Crippen LogP contribution in [0.1, 0.15) is 38.2 Å². The summed E-state index contributed by atoms with van der Waals surface area (Å²) in [7, 11) is 0. The molecule has 0 aliphatic carbocycles. The number of amides is 3. The maximum absolute atomic E-state index is 14.1. The highest BCUT2D eigenvalue weighted by molar-refractivity contribution is 6.42. The van der Waals surface area contributed by atoms with Crippen LogP contribution in [0.3, 0.4) is 0 Å². The summed E-state index contributed by atoms with van der Waals surface area (Å²) in [6.07, 6.45) is 3.68. The van der Waals surface area contributed by atoms with Gasteiger partial charge in [-0.3, -0.25) is 9.69 Å². The number of likely N-dealkylation sites (N-methyl/N-ethyl adjacent to an activating group) is 1. The highest BCUT2D eigenvalue weighted by Crippen LogP contribution is 2.45. The lowest BCUT2D eigenvalue weighted by Gasteiger charge is -2.42. The quantitative estimate of drug-likeness (QED) is 0.294.